The fourth-order valence-electron chi connectivity index (χ4n) is 2.51. The SMILES string of the molecule is COc1ccc(C(C)(C)NC(=O)Cn2nc(C)cc2N)cc1OC. The molecule has 7 heteroatoms. The number of carbonyl (C=O) groups excluding carboxylic acids is 1. The number of nitrogens with one attached hydrogen (secondary N) is 1. The lowest BCUT2D eigenvalue weighted by Gasteiger charge is -2.27. The maximum atomic E-state index is 12.4. The molecule has 24 heavy (non-hydrogen) atoms. The van der Waals surface area contributed by atoms with E-state index >= 15 is 0 Å². The third-order valence-corrected chi connectivity index (χ3v) is 3.78. The molecule has 1 aromatic carbocycles. The summed E-state index contributed by atoms with van der Waals surface area (Å²) in [6, 6.07) is 7.29. The Morgan fingerprint density at radius 3 is 2.46 bits per heavy atom. The van der Waals surface area contributed by atoms with Gasteiger partial charge in [0.2, 0.25) is 5.91 Å². The predicted molar refractivity (Wildman–Crippen MR) is 92.1 cm³/mol. The highest BCUT2D eigenvalue weighted by atomic mass is 16.5. The minimum Gasteiger partial charge on any atom is -0.493 e. The standard InChI is InChI=1S/C17H24N4O3/c1-11-8-15(18)21(20-11)10-16(22)19-17(2,3)12-6-7-13(23-4)14(9-12)24-5/h6-9H,10,18H2,1-5H3,(H,19,22). The van der Waals surface area contributed by atoms with Crippen LogP contribution >= 0.6 is 0 Å². The summed E-state index contributed by atoms with van der Waals surface area (Å²) in [4.78, 5) is 12.4. The molecule has 0 saturated heterocycles. The molecular weight excluding hydrogens is 308 g/mol. The van der Waals surface area contributed by atoms with Crippen LogP contribution in [0.4, 0.5) is 5.82 Å². The molecule has 0 spiro atoms. The van der Waals surface area contributed by atoms with Crippen LogP contribution in [0.1, 0.15) is 25.1 Å². The van der Waals surface area contributed by atoms with Crippen LogP contribution in [-0.4, -0.2) is 29.9 Å². The number of nitrogens with zero attached hydrogens (tertiary/aromatic N) is 2. The van der Waals surface area contributed by atoms with Crippen LogP contribution in [0.5, 0.6) is 11.5 Å². The van der Waals surface area contributed by atoms with Gasteiger partial charge in [-0.2, -0.15) is 5.10 Å². The number of hydrogen-bond donors (Lipinski definition) is 2. The number of aryl methyl sites for hydroxylation is 1. The molecule has 3 N–H and O–H groups in total. The van der Waals surface area contributed by atoms with Crippen LogP contribution in [0.25, 0.3) is 0 Å². The average molecular weight is 332 g/mol. The first-order valence-corrected chi connectivity index (χ1v) is 7.60. The number of rotatable bonds is 6. The molecule has 0 bridgehead atoms. The average Bonchev–Trinajstić information content (AvgIpc) is 2.83. The third-order valence-electron chi connectivity index (χ3n) is 3.78. The van der Waals surface area contributed by atoms with E-state index in [9.17, 15) is 4.79 Å². The zero-order chi connectivity index (χ0) is 17.9. The lowest BCUT2D eigenvalue weighted by Crippen LogP contribution is -2.42. The molecular formula is C17H24N4O3. The van der Waals surface area contributed by atoms with E-state index in [1.165, 1.54) is 4.68 Å². The fraction of sp³-hybridized carbons (Fsp3) is 0.412. The van der Waals surface area contributed by atoms with Gasteiger partial charge in [0.05, 0.1) is 25.5 Å². The van der Waals surface area contributed by atoms with Crippen LogP contribution in [0, 0.1) is 6.92 Å². The summed E-state index contributed by atoms with van der Waals surface area (Å²) < 4.78 is 12.0. The monoisotopic (exact) mass is 332 g/mol. The van der Waals surface area contributed by atoms with Crippen LogP contribution in [0.15, 0.2) is 24.3 Å². The highest BCUT2D eigenvalue weighted by Crippen LogP contribution is 2.32. The van der Waals surface area contributed by atoms with Crippen molar-refractivity contribution in [3.63, 3.8) is 0 Å². The lowest BCUT2D eigenvalue weighted by molar-refractivity contribution is -0.123. The van der Waals surface area contributed by atoms with Crippen LogP contribution in [0.2, 0.25) is 0 Å². The van der Waals surface area contributed by atoms with E-state index in [4.69, 9.17) is 15.2 Å². The minimum atomic E-state index is -0.590. The summed E-state index contributed by atoms with van der Waals surface area (Å²) in [7, 11) is 3.16. The van der Waals surface area contributed by atoms with Crippen molar-refractivity contribution in [1.82, 2.24) is 15.1 Å². The second-order valence-electron chi connectivity index (χ2n) is 6.11. The van der Waals surface area contributed by atoms with Crippen molar-refractivity contribution in [2.24, 2.45) is 0 Å². The van der Waals surface area contributed by atoms with Gasteiger partial charge in [-0.1, -0.05) is 6.07 Å². The van der Waals surface area contributed by atoms with Gasteiger partial charge in [0.15, 0.2) is 11.5 Å². The lowest BCUT2D eigenvalue weighted by atomic mass is 9.93. The molecule has 2 rings (SSSR count). The highest BCUT2D eigenvalue weighted by Gasteiger charge is 2.24. The van der Waals surface area contributed by atoms with Gasteiger partial charge in [-0.15, -0.1) is 0 Å². The second kappa shape index (κ2) is 6.82. The molecule has 0 fully saturated rings. The Morgan fingerprint density at radius 2 is 1.92 bits per heavy atom. The Kier molecular flexibility index (Phi) is 5.02. The summed E-state index contributed by atoms with van der Waals surface area (Å²) in [5, 5.41) is 7.19. The maximum Gasteiger partial charge on any atom is 0.242 e. The summed E-state index contributed by atoms with van der Waals surface area (Å²) in [6.45, 7) is 5.74. The van der Waals surface area contributed by atoms with Gasteiger partial charge in [-0.3, -0.25) is 4.79 Å². The fourth-order valence-corrected chi connectivity index (χ4v) is 2.51. The first kappa shape index (κ1) is 17.7. The quantitative estimate of drug-likeness (QED) is 0.842. The molecule has 0 aliphatic rings. The first-order chi connectivity index (χ1) is 11.3. The molecule has 0 aliphatic carbocycles. The van der Waals surface area contributed by atoms with Crippen molar-refractivity contribution >= 4 is 11.7 Å². The third kappa shape index (κ3) is 3.79. The number of aromatic nitrogens is 2. The largest absolute Gasteiger partial charge is 0.493 e. The molecule has 0 unspecified atom stereocenters. The molecule has 0 atom stereocenters. The minimum absolute atomic E-state index is 0.0659. The number of hydrogen-bond acceptors (Lipinski definition) is 5. The van der Waals surface area contributed by atoms with Crippen LogP contribution < -0.4 is 20.5 Å². The van der Waals surface area contributed by atoms with Crippen molar-refractivity contribution in [3.05, 3.63) is 35.5 Å². The molecule has 1 heterocycles. The van der Waals surface area contributed by atoms with Crippen molar-refractivity contribution in [3.8, 4) is 11.5 Å². The second-order valence-corrected chi connectivity index (χ2v) is 6.11. The smallest absolute Gasteiger partial charge is 0.242 e. The van der Waals surface area contributed by atoms with Gasteiger partial charge in [0.1, 0.15) is 12.4 Å². The summed E-state index contributed by atoms with van der Waals surface area (Å²) in [5.74, 6) is 1.54. The number of benzene rings is 1. The van der Waals surface area contributed by atoms with Crippen LogP contribution in [0.3, 0.4) is 0 Å². The topological polar surface area (TPSA) is 91.4 Å². The van der Waals surface area contributed by atoms with E-state index in [0.29, 0.717) is 17.3 Å². The van der Waals surface area contributed by atoms with E-state index in [1.54, 1.807) is 20.3 Å². The number of methoxy groups -OCH3 is 2. The summed E-state index contributed by atoms with van der Waals surface area (Å²) in [5.41, 5.74) is 6.91. The molecule has 0 radical (unpaired) electrons. The molecule has 7 nitrogen and oxygen atoms in total. The molecule has 2 aromatic rings. The molecule has 0 aliphatic heterocycles. The van der Waals surface area contributed by atoms with Gasteiger partial charge in [0, 0.05) is 6.07 Å². The maximum absolute atomic E-state index is 12.4. The van der Waals surface area contributed by atoms with Crippen molar-refractivity contribution < 1.29 is 14.3 Å². The van der Waals surface area contributed by atoms with Crippen molar-refractivity contribution in [2.45, 2.75) is 32.9 Å². The number of nitrogen functional groups attached to an aromatic ring is 1. The van der Waals surface area contributed by atoms with Gasteiger partial charge in [-0.05, 0) is 38.5 Å². The van der Waals surface area contributed by atoms with Gasteiger partial charge in [0.25, 0.3) is 0 Å². The first-order valence-electron chi connectivity index (χ1n) is 7.60. The highest BCUT2D eigenvalue weighted by molar-refractivity contribution is 5.77. The van der Waals surface area contributed by atoms with Crippen molar-refractivity contribution in [2.75, 3.05) is 20.0 Å². The number of nitrogens with two attached hydrogens (primary N) is 1. The zero-order valence-corrected chi connectivity index (χ0v) is 14.7. The number of anilines is 1. The predicted octanol–water partition coefficient (Wildman–Crippen LogP) is 1.84. The molecule has 1 amide bonds. The van der Waals surface area contributed by atoms with E-state index in [0.717, 1.165) is 11.3 Å². The Labute approximate surface area is 141 Å². The van der Waals surface area contributed by atoms with Crippen LogP contribution in [-0.2, 0) is 16.9 Å². The summed E-state index contributed by atoms with van der Waals surface area (Å²) in [6.07, 6.45) is 0. The molecule has 130 valence electrons. The summed E-state index contributed by atoms with van der Waals surface area (Å²) >= 11 is 0. The van der Waals surface area contributed by atoms with E-state index < -0.39 is 5.54 Å². The Balaban J connectivity index is 2.15. The van der Waals surface area contributed by atoms with Gasteiger partial charge >= 0.3 is 0 Å². The van der Waals surface area contributed by atoms with Gasteiger partial charge in [-0.25, -0.2) is 4.68 Å². The normalized spacial score (nSPS) is 11.2. The van der Waals surface area contributed by atoms with E-state index in [2.05, 4.69) is 10.4 Å². The zero-order valence-electron chi connectivity index (χ0n) is 14.7. The Bertz CT molecular complexity index is 737. The van der Waals surface area contributed by atoms with E-state index in [-0.39, 0.29) is 12.5 Å². The number of ether oxygens (including phenoxy) is 2. The number of amides is 1. The molecule has 0 saturated carbocycles. The molecule has 1 aromatic heterocycles. The van der Waals surface area contributed by atoms with E-state index in [1.807, 2.05) is 39.0 Å². The van der Waals surface area contributed by atoms with Gasteiger partial charge < -0.3 is 20.5 Å². The Hall–Kier alpha value is -2.70. The number of carbonyl (C=O) groups is 1. The Morgan fingerprint density at radius 1 is 1.25 bits per heavy atom. The van der Waals surface area contributed by atoms with Crippen molar-refractivity contribution in [1.29, 1.82) is 0 Å².